The van der Waals surface area contributed by atoms with Gasteiger partial charge in [0.15, 0.2) is 5.82 Å². The van der Waals surface area contributed by atoms with Crippen LogP contribution in [0.4, 0.5) is 10.3 Å². The zero-order valence-corrected chi connectivity index (χ0v) is 21.3. The van der Waals surface area contributed by atoms with Crippen LogP contribution >= 0.6 is 0 Å². The van der Waals surface area contributed by atoms with E-state index in [1.54, 1.807) is 24.4 Å². The summed E-state index contributed by atoms with van der Waals surface area (Å²) in [5.41, 5.74) is 1.78. The predicted molar refractivity (Wildman–Crippen MR) is 136 cm³/mol. The van der Waals surface area contributed by atoms with Crippen LogP contribution in [0.25, 0.3) is 22.6 Å². The number of nitrogens with zero attached hydrogens (tertiary/aromatic N) is 4. The van der Waals surface area contributed by atoms with Gasteiger partial charge in [0.2, 0.25) is 18.1 Å². The smallest absolute Gasteiger partial charge is 0.230 e. The Kier molecular flexibility index (Phi) is 7.18. The van der Waals surface area contributed by atoms with Crippen LogP contribution in [0.5, 0.6) is 0 Å². The van der Waals surface area contributed by atoms with E-state index in [0.29, 0.717) is 41.4 Å². The number of halogens is 1. The van der Waals surface area contributed by atoms with Crippen LogP contribution in [0.2, 0.25) is 0 Å². The van der Waals surface area contributed by atoms with Gasteiger partial charge in [-0.2, -0.15) is 0 Å². The molecule has 3 N–H and O–H groups in total. The molecular weight excluding hydrogens is 477 g/mol. The fraction of sp³-hybridized carbons (Fsp3) is 0.462. The summed E-state index contributed by atoms with van der Waals surface area (Å²) in [6.07, 6.45) is 3.11. The van der Waals surface area contributed by atoms with E-state index in [1.807, 2.05) is 25.9 Å². The first-order chi connectivity index (χ1) is 17.8. The van der Waals surface area contributed by atoms with Crippen molar-refractivity contribution in [1.82, 2.24) is 30.2 Å². The minimum Gasteiger partial charge on any atom is -0.354 e. The van der Waals surface area contributed by atoms with Crippen LogP contribution in [0, 0.1) is 11.2 Å². The maximum Gasteiger partial charge on any atom is 0.230 e. The largest absolute Gasteiger partial charge is 0.354 e. The number of rotatable bonds is 9. The average Bonchev–Trinajstić information content (AvgIpc) is 3.59. The van der Waals surface area contributed by atoms with Crippen molar-refractivity contribution in [2.24, 2.45) is 5.41 Å². The molecule has 0 atom stereocenters. The molecule has 0 radical (unpaired) electrons. The van der Waals surface area contributed by atoms with Gasteiger partial charge in [0, 0.05) is 30.9 Å². The van der Waals surface area contributed by atoms with E-state index in [-0.39, 0.29) is 24.9 Å². The number of anilines is 1. The maximum atomic E-state index is 13.6. The van der Waals surface area contributed by atoms with E-state index in [0.717, 1.165) is 24.9 Å². The second-order valence-electron chi connectivity index (χ2n) is 10.1. The molecule has 11 heteroatoms. The number of likely N-dealkylation sites (N-methyl/N-ethyl adjacent to an activating group) is 1. The molecule has 1 saturated carbocycles. The lowest BCUT2D eigenvalue weighted by atomic mass is 9.91. The molecule has 37 heavy (non-hydrogen) atoms. The lowest BCUT2D eigenvalue weighted by Crippen LogP contribution is -2.49. The molecule has 10 nitrogen and oxygen atoms in total. The van der Waals surface area contributed by atoms with Crippen LogP contribution in [-0.2, 0) is 14.3 Å². The number of aromatic amines is 1. The Bertz CT molecular complexity index is 1240. The molecule has 2 aromatic heterocycles. The van der Waals surface area contributed by atoms with Crippen LogP contribution in [0.3, 0.4) is 0 Å². The van der Waals surface area contributed by atoms with Crippen molar-refractivity contribution in [2.75, 3.05) is 45.7 Å². The minimum atomic E-state index is -0.811. The summed E-state index contributed by atoms with van der Waals surface area (Å²) >= 11 is 0. The maximum absolute atomic E-state index is 13.6. The first-order valence-corrected chi connectivity index (χ1v) is 12.4. The molecule has 0 spiro atoms. The minimum absolute atomic E-state index is 0.114. The van der Waals surface area contributed by atoms with Gasteiger partial charge in [-0.1, -0.05) is 0 Å². The normalized spacial score (nSPS) is 21.7. The van der Waals surface area contributed by atoms with Crippen LogP contribution in [0.1, 0.15) is 31.9 Å². The van der Waals surface area contributed by atoms with Gasteiger partial charge in [-0.25, -0.2) is 19.3 Å². The predicted octanol–water partition coefficient (Wildman–Crippen LogP) is 2.98. The van der Waals surface area contributed by atoms with Crippen LogP contribution in [-0.4, -0.2) is 77.2 Å². The van der Waals surface area contributed by atoms with Crippen molar-refractivity contribution in [3.05, 3.63) is 48.2 Å². The van der Waals surface area contributed by atoms with E-state index in [1.165, 1.54) is 12.1 Å². The van der Waals surface area contributed by atoms with Crippen molar-refractivity contribution < 1.29 is 18.7 Å². The molecule has 1 aliphatic carbocycles. The van der Waals surface area contributed by atoms with Gasteiger partial charge < -0.3 is 30.0 Å². The Hall–Kier alpha value is -3.41. The summed E-state index contributed by atoms with van der Waals surface area (Å²) in [6, 6.07) is 8.31. The number of aromatic nitrogens is 4. The number of hydrogen-bond acceptors (Lipinski definition) is 8. The van der Waals surface area contributed by atoms with E-state index in [4.69, 9.17) is 14.5 Å². The van der Waals surface area contributed by atoms with Crippen LogP contribution < -0.4 is 10.6 Å². The fourth-order valence-electron chi connectivity index (χ4n) is 3.99. The quantitative estimate of drug-likeness (QED) is 0.403. The monoisotopic (exact) mass is 509 g/mol. The Morgan fingerprint density at radius 3 is 2.57 bits per heavy atom. The third-order valence-electron chi connectivity index (χ3n) is 6.38. The summed E-state index contributed by atoms with van der Waals surface area (Å²) in [4.78, 5) is 31.8. The van der Waals surface area contributed by atoms with E-state index < -0.39 is 11.7 Å². The highest BCUT2D eigenvalue weighted by Gasteiger charge is 2.40. The Balaban J connectivity index is 1.37. The molecule has 1 aromatic carbocycles. The van der Waals surface area contributed by atoms with E-state index >= 15 is 0 Å². The molecule has 2 aliphatic rings. The van der Waals surface area contributed by atoms with Gasteiger partial charge in [-0.15, -0.1) is 0 Å². The van der Waals surface area contributed by atoms with Gasteiger partial charge in [0.05, 0.1) is 35.7 Å². The Morgan fingerprint density at radius 2 is 1.89 bits per heavy atom. The number of amides is 1. The number of carbonyl (C=O) groups excluding carboxylic acids is 1. The van der Waals surface area contributed by atoms with Crippen LogP contribution in [0.15, 0.2) is 36.5 Å². The molecule has 2 fully saturated rings. The molecule has 5 rings (SSSR count). The summed E-state index contributed by atoms with van der Waals surface area (Å²) in [5.74, 6) is 0.542. The fourth-order valence-corrected chi connectivity index (χ4v) is 3.99. The summed E-state index contributed by atoms with van der Waals surface area (Å²) in [7, 11) is 3.91. The molecule has 3 heterocycles. The van der Waals surface area contributed by atoms with Gasteiger partial charge in [-0.3, -0.25) is 4.79 Å². The van der Waals surface area contributed by atoms with Crippen molar-refractivity contribution in [3.8, 4) is 22.6 Å². The first kappa shape index (κ1) is 25.2. The first-order valence-electron chi connectivity index (χ1n) is 12.4. The Labute approximate surface area is 215 Å². The third kappa shape index (κ3) is 5.95. The molecule has 0 unspecified atom stereocenters. The molecule has 0 bridgehead atoms. The number of ether oxygens (including phenoxy) is 2. The molecule has 1 saturated heterocycles. The van der Waals surface area contributed by atoms with Gasteiger partial charge in [0.25, 0.3) is 0 Å². The molecular formula is C26H32FN7O3. The number of hydrogen-bond donors (Lipinski definition) is 3. The topological polar surface area (TPSA) is 117 Å². The van der Waals surface area contributed by atoms with E-state index in [9.17, 15) is 9.18 Å². The van der Waals surface area contributed by atoms with Gasteiger partial charge >= 0.3 is 0 Å². The van der Waals surface area contributed by atoms with Crippen molar-refractivity contribution in [3.63, 3.8) is 0 Å². The number of benzene rings is 1. The number of carbonyl (C=O) groups is 1. The lowest BCUT2D eigenvalue weighted by Gasteiger charge is -2.35. The van der Waals surface area contributed by atoms with Crippen molar-refractivity contribution >= 4 is 11.9 Å². The Morgan fingerprint density at radius 1 is 1.16 bits per heavy atom. The van der Waals surface area contributed by atoms with Gasteiger partial charge in [0.1, 0.15) is 5.82 Å². The van der Waals surface area contributed by atoms with Crippen molar-refractivity contribution in [2.45, 2.75) is 32.1 Å². The summed E-state index contributed by atoms with van der Waals surface area (Å²) in [6.45, 7) is 3.46. The molecule has 1 amide bonds. The SMILES string of the molecule is CN(C)CCNC(=O)C1(C)COC(c2nc(-c3ccc(F)cc3)c(-c3ccnc(NC4CC4)n3)[nH]2)OC1. The summed E-state index contributed by atoms with van der Waals surface area (Å²) < 4.78 is 25.6. The zero-order valence-electron chi connectivity index (χ0n) is 21.3. The second-order valence-corrected chi connectivity index (χ2v) is 10.1. The summed E-state index contributed by atoms with van der Waals surface area (Å²) in [5, 5.41) is 6.25. The average molecular weight is 510 g/mol. The molecule has 3 aromatic rings. The third-order valence-corrected chi connectivity index (χ3v) is 6.38. The highest BCUT2D eigenvalue weighted by molar-refractivity contribution is 5.82. The lowest BCUT2D eigenvalue weighted by molar-refractivity contribution is -0.231. The van der Waals surface area contributed by atoms with E-state index in [2.05, 4.69) is 25.6 Å². The van der Waals surface area contributed by atoms with Gasteiger partial charge in [-0.05, 0) is 64.2 Å². The van der Waals surface area contributed by atoms with Crippen molar-refractivity contribution in [1.29, 1.82) is 0 Å². The highest BCUT2D eigenvalue weighted by Crippen LogP contribution is 2.36. The second kappa shape index (κ2) is 10.5. The molecule has 1 aliphatic heterocycles. The highest BCUT2D eigenvalue weighted by atomic mass is 19.1. The zero-order chi connectivity index (χ0) is 26.0. The standard InChI is InChI=1S/C26H32FN7O3/c1-26(24(35)28-12-13-34(2)3)14-36-23(37-15-26)22-32-20(16-4-6-17(27)7-5-16)21(33-22)19-10-11-29-25(31-19)30-18-8-9-18/h4-7,10-11,18,23H,8-9,12-15H2,1-3H3,(H,28,35)(H,32,33)(H,29,30,31). The number of H-pyrrole nitrogens is 1. The number of imidazole rings is 1. The molecule has 196 valence electrons. The number of nitrogens with one attached hydrogen (secondary N) is 3.